The molecule has 128 valence electrons. The van der Waals surface area contributed by atoms with Crippen molar-refractivity contribution in [3.8, 4) is 17.9 Å². The Kier molecular flexibility index (Phi) is 4.07. The molecule has 1 N–H and O–H groups in total. The lowest BCUT2D eigenvalue weighted by Gasteiger charge is -2.44. The first-order valence-electron chi connectivity index (χ1n) is 8.26. The standard InChI is InChI=1S/C17H17N5O3/c18-9-15-20-21-17(25-15)24-13-3-1-12(2-4-13)16(23)19-14-10-22-7-5-11(14)6-8-22/h1-4,11,14H,5-8,10H2,(H,19,23)/t14-/m0/s1. The molecule has 1 aromatic carbocycles. The zero-order valence-electron chi connectivity index (χ0n) is 13.5. The Morgan fingerprint density at radius 2 is 2.04 bits per heavy atom. The normalized spacial score (nSPS) is 24.5. The summed E-state index contributed by atoms with van der Waals surface area (Å²) in [4.78, 5) is 14.9. The van der Waals surface area contributed by atoms with Gasteiger partial charge in [-0.05, 0) is 56.1 Å². The number of hydrogen-bond acceptors (Lipinski definition) is 7. The van der Waals surface area contributed by atoms with Crippen molar-refractivity contribution in [2.45, 2.75) is 18.9 Å². The van der Waals surface area contributed by atoms with Crippen LogP contribution in [0.3, 0.4) is 0 Å². The quantitative estimate of drug-likeness (QED) is 0.901. The smallest absolute Gasteiger partial charge is 0.410 e. The Balaban J connectivity index is 1.38. The van der Waals surface area contributed by atoms with Gasteiger partial charge in [-0.1, -0.05) is 10.2 Å². The molecule has 1 amide bonds. The number of aromatic nitrogens is 2. The van der Waals surface area contributed by atoms with Gasteiger partial charge in [0, 0.05) is 18.2 Å². The summed E-state index contributed by atoms with van der Waals surface area (Å²) in [5, 5.41) is 18.9. The molecule has 1 aromatic heterocycles. The number of nitriles is 1. The van der Waals surface area contributed by atoms with Crippen molar-refractivity contribution in [3.05, 3.63) is 35.7 Å². The Morgan fingerprint density at radius 1 is 1.28 bits per heavy atom. The maximum atomic E-state index is 12.5. The zero-order chi connectivity index (χ0) is 17.2. The van der Waals surface area contributed by atoms with E-state index in [9.17, 15) is 4.79 Å². The van der Waals surface area contributed by atoms with Gasteiger partial charge >= 0.3 is 12.0 Å². The Hall–Kier alpha value is -2.92. The molecule has 8 heteroatoms. The molecule has 8 nitrogen and oxygen atoms in total. The van der Waals surface area contributed by atoms with Crippen molar-refractivity contribution in [2.24, 2.45) is 5.92 Å². The number of carbonyl (C=O) groups is 1. The van der Waals surface area contributed by atoms with Crippen molar-refractivity contribution in [2.75, 3.05) is 19.6 Å². The van der Waals surface area contributed by atoms with Crippen LogP contribution in [0.15, 0.2) is 28.7 Å². The first kappa shape index (κ1) is 15.6. The summed E-state index contributed by atoms with van der Waals surface area (Å²) >= 11 is 0. The largest absolute Gasteiger partial charge is 0.421 e. The van der Waals surface area contributed by atoms with Crippen LogP contribution in [0.2, 0.25) is 0 Å². The lowest BCUT2D eigenvalue weighted by molar-refractivity contribution is 0.0620. The minimum Gasteiger partial charge on any atom is -0.410 e. The van der Waals surface area contributed by atoms with Crippen LogP contribution in [-0.2, 0) is 0 Å². The second-order valence-corrected chi connectivity index (χ2v) is 6.33. The number of nitrogens with zero attached hydrogens (tertiary/aromatic N) is 4. The van der Waals surface area contributed by atoms with Crippen molar-refractivity contribution in [3.63, 3.8) is 0 Å². The summed E-state index contributed by atoms with van der Waals surface area (Å²) in [5.41, 5.74) is 0.576. The lowest BCUT2D eigenvalue weighted by atomic mass is 9.84. The predicted molar refractivity (Wildman–Crippen MR) is 85.9 cm³/mol. The van der Waals surface area contributed by atoms with Gasteiger partial charge in [0.15, 0.2) is 6.07 Å². The van der Waals surface area contributed by atoms with Crippen LogP contribution in [0.25, 0.3) is 0 Å². The van der Waals surface area contributed by atoms with Crippen LogP contribution in [0.1, 0.15) is 29.1 Å². The molecule has 0 radical (unpaired) electrons. The average molecular weight is 339 g/mol. The van der Waals surface area contributed by atoms with E-state index in [0.29, 0.717) is 17.2 Å². The zero-order valence-corrected chi connectivity index (χ0v) is 13.5. The van der Waals surface area contributed by atoms with E-state index in [1.807, 2.05) is 0 Å². The number of ether oxygens (including phenoxy) is 1. The van der Waals surface area contributed by atoms with Crippen molar-refractivity contribution in [1.82, 2.24) is 20.4 Å². The summed E-state index contributed by atoms with van der Waals surface area (Å²) in [5.74, 6) is 0.800. The van der Waals surface area contributed by atoms with E-state index in [4.69, 9.17) is 14.4 Å². The minimum atomic E-state index is -0.163. The van der Waals surface area contributed by atoms with Gasteiger partial charge < -0.3 is 19.4 Å². The van der Waals surface area contributed by atoms with Gasteiger partial charge in [0.05, 0.1) is 0 Å². The third-order valence-electron chi connectivity index (χ3n) is 4.80. The minimum absolute atomic E-state index is 0.0742. The molecular weight excluding hydrogens is 322 g/mol. The number of hydrogen-bond donors (Lipinski definition) is 1. The number of rotatable bonds is 4. The second kappa shape index (κ2) is 6.53. The van der Waals surface area contributed by atoms with Gasteiger partial charge in [0.1, 0.15) is 5.75 Å². The van der Waals surface area contributed by atoms with E-state index in [0.717, 1.165) is 32.5 Å². The molecule has 0 unspecified atom stereocenters. The maximum absolute atomic E-state index is 12.5. The summed E-state index contributed by atoms with van der Waals surface area (Å²) in [6.45, 7) is 3.23. The van der Waals surface area contributed by atoms with Gasteiger partial charge in [-0.2, -0.15) is 5.26 Å². The van der Waals surface area contributed by atoms with E-state index in [1.165, 1.54) is 0 Å². The summed E-state index contributed by atoms with van der Waals surface area (Å²) in [7, 11) is 0. The SMILES string of the molecule is N#Cc1nnc(Oc2ccc(C(=O)N[C@H]3CN4CCC3CC4)cc2)o1. The monoisotopic (exact) mass is 339 g/mol. The first-order chi connectivity index (χ1) is 12.2. The van der Waals surface area contributed by atoms with Gasteiger partial charge in [-0.15, -0.1) is 0 Å². The molecule has 0 spiro atoms. The van der Waals surface area contributed by atoms with Crippen LogP contribution in [0, 0.1) is 17.2 Å². The summed E-state index contributed by atoms with van der Waals surface area (Å²) in [6, 6.07) is 8.65. The summed E-state index contributed by atoms with van der Waals surface area (Å²) < 4.78 is 10.3. The van der Waals surface area contributed by atoms with E-state index in [2.05, 4.69) is 20.4 Å². The van der Waals surface area contributed by atoms with Crippen LogP contribution in [-0.4, -0.2) is 46.7 Å². The van der Waals surface area contributed by atoms with Gasteiger partial charge in [0.25, 0.3) is 5.91 Å². The molecule has 0 aliphatic carbocycles. The molecule has 25 heavy (non-hydrogen) atoms. The predicted octanol–water partition coefficient (Wildman–Crippen LogP) is 1.56. The fraction of sp³-hybridized carbons (Fsp3) is 0.412. The van der Waals surface area contributed by atoms with Gasteiger partial charge in [0.2, 0.25) is 0 Å². The molecule has 2 aromatic rings. The van der Waals surface area contributed by atoms with E-state index < -0.39 is 0 Å². The molecule has 3 aliphatic heterocycles. The molecule has 0 saturated carbocycles. The maximum Gasteiger partial charge on any atom is 0.421 e. The second-order valence-electron chi connectivity index (χ2n) is 6.33. The van der Waals surface area contributed by atoms with Crippen LogP contribution >= 0.6 is 0 Å². The van der Waals surface area contributed by atoms with Crippen molar-refractivity contribution < 1.29 is 13.9 Å². The average Bonchev–Trinajstić information content (AvgIpc) is 3.11. The number of carbonyl (C=O) groups excluding carboxylic acids is 1. The third-order valence-corrected chi connectivity index (χ3v) is 4.80. The molecule has 1 atom stereocenters. The highest BCUT2D eigenvalue weighted by molar-refractivity contribution is 5.94. The molecule has 3 saturated heterocycles. The number of amides is 1. The van der Waals surface area contributed by atoms with Crippen molar-refractivity contribution >= 4 is 5.91 Å². The summed E-state index contributed by atoms with van der Waals surface area (Å²) in [6.07, 6.45) is 2.21. The van der Waals surface area contributed by atoms with Crippen LogP contribution < -0.4 is 10.1 Å². The first-order valence-corrected chi connectivity index (χ1v) is 8.26. The van der Waals surface area contributed by atoms with Crippen LogP contribution in [0.5, 0.6) is 11.8 Å². The molecular formula is C17H17N5O3. The highest BCUT2D eigenvalue weighted by Crippen LogP contribution is 2.28. The van der Waals surface area contributed by atoms with Gasteiger partial charge in [-0.3, -0.25) is 4.79 Å². The fourth-order valence-corrected chi connectivity index (χ4v) is 3.45. The molecule has 2 bridgehead atoms. The fourth-order valence-electron chi connectivity index (χ4n) is 3.45. The Morgan fingerprint density at radius 3 is 2.64 bits per heavy atom. The van der Waals surface area contributed by atoms with E-state index >= 15 is 0 Å². The topological polar surface area (TPSA) is 104 Å². The lowest BCUT2D eigenvalue weighted by Crippen LogP contribution is -2.57. The third kappa shape index (κ3) is 3.32. The molecule has 3 aliphatic rings. The molecule has 4 heterocycles. The number of benzene rings is 1. The Labute approximate surface area is 144 Å². The Bertz CT molecular complexity index is 802. The van der Waals surface area contributed by atoms with E-state index in [1.54, 1.807) is 30.3 Å². The van der Waals surface area contributed by atoms with Gasteiger partial charge in [-0.25, -0.2) is 0 Å². The highest BCUT2D eigenvalue weighted by atomic mass is 16.6. The number of piperidine rings is 3. The van der Waals surface area contributed by atoms with Crippen molar-refractivity contribution in [1.29, 1.82) is 5.26 Å². The molecule has 5 rings (SSSR count). The van der Waals surface area contributed by atoms with E-state index in [-0.39, 0.29) is 23.9 Å². The number of fused-ring (bicyclic) bond motifs is 3. The van der Waals surface area contributed by atoms with Crippen LogP contribution in [0.4, 0.5) is 0 Å². The highest BCUT2D eigenvalue weighted by Gasteiger charge is 2.34. The molecule has 3 fully saturated rings. The number of nitrogens with one attached hydrogen (secondary N) is 1.